The molecular weight excluding hydrogens is 326 g/mol. The fourth-order valence-corrected chi connectivity index (χ4v) is 2.76. The average Bonchev–Trinajstić information content (AvgIpc) is 2.55. The molecule has 5 nitrogen and oxygen atoms in total. The van der Waals surface area contributed by atoms with Crippen molar-refractivity contribution in [1.82, 2.24) is 9.80 Å². The molecule has 0 spiro atoms. The molecule has 1 heterocycles. The molecule has 1 aromatic rings. The van der Waals surface area contributed by atoms with Crippen molar-refractivity contribution in [3.8, 4) is 0 Å². The highest BCUT2D eigenvalue weighted by atomic mass is 35.5. The first-order valence-corrected chi connectivity index (χ1v) is 8.63. The van der Waals surface area contributed by atoms with Gasteiger partial charge in [-0.05, 0) is 23.1 Å². The lowest BCUT2D eigenvalue weighted by atomic mass is 9.86. The maximum atomic E-state index is 12.4. The fourth-order valence-electron chi connectivity index (χ4n) is 2.63. The molecule has 0 aliphatic carbocycles. The van der Waals surface area contributed by atoms with E-state index in [9.17, 15) is 9.59 Å². The van der Waals surface area contributed by atoms with Crippen molar-refractivity contribution in [2.45, 2.75) is 33.2 Å². The number of carbonyl (C=O) groups is 2. The lowest BCUT2D eigenvalue weighted by molar-refractivity contribution is -0.141. The Morgan fingerprint density at radius 3 is 2.08 bits per heavy atom. The third-order valence-corrected chi connectivity index (χ3v) is 4.66. The van der Waals surface area contributed by atoms with Crippen LogP contribution in [0.1, 0.15) is 26.3 Å². The number of carbonyl (C=O) groups excluding carboxylic acids is 2. The smallest absolute Gasteiger partial charge is 0.240 e. The van der Waals surface area contributed by atoms with Crippen LogP contribution in [0, 0.1) is 5.41 Å². The van der Waals surface area contributed by atoms with Crippen molar-refractivity contribution in [1.29, 1.82) is 0 Å². The van der Waals surface area contributed by atoms with Crippen LogP contribution < -0.4 is 5.73 Å². The molecule has 1 atom stereocenters. The molecular formula is C18H26ClN3O2. The van der Waals surface area contributed by atoms with Crippen LogP contribution >= 0.6 is 11.6 Å². The first-order valence-electron chi connectivity index (χ1n) is 8.25. The molecule has 1 fully saturated rings. The zero-order chi connectivity index (χ0) is 17.9. The Labute approximate surface area is 148 Å². The first kappa shape index (κ1) is 18.7. The van der Waals surface area contributed by atoms with Crippen LogP contribution in [0.3, 0.4) is 0 Å². The standard InChI is InChI=1S/C18H26ClN3O2/c1-18(2,3)16(20)17(24)22-10-8-21(9-11-22)15(23)12-13-4-6-14(19)7-5-13/h4-7,16H,8-12,20H2,1-3H3/t16-/m1/s1. The molecule has 24 heavy (non-hydrogen) atoms. The number of benzene rings is 1. The van der Waals surface area contributed by atoms with Crippen molar-refractivity contribution in [3.63, 3.8) is 0 Å². The lowest BCUT2D eigenvalue weighted by Gasteiger charge is -2.38. The SMILES string of the molecule is CC(C)(C)[C@H](N)C(=O)N1CCN(C(=O)Cc2ccc(Cl)cc2)CC1. The fraction of sp³-hybridized carbons (Fsp3) is 0.556. The molecule has 2 rings (SSSR count). The number of piperazine rings is 1. The van der Waals surface area contributed by atoms with Gasteiger partial charge in [0.2, 0.25) is 11.8 Å². The molecule has 1 aliphatic rings. The minimum Gasteiger partial charge on any atom is -0.339 e. The van der Waals surface area contributed by atoms with Crippen LogP contribution in [0.5, 0.6) is 0 Å². The van der Waals surface area contributed by atoms with E-state index in [1.807, 2.05) is 32.9 Å². The Morgan fingerprint density at radius 1 is 1.08 bits per heavy atom. The summed E-state index contributed by atoms with van der Waals surface area (Å²) in [5.74, 6) is 0.0387. The van der Waals surface area contributed by atoms with Crippen molar-refractivity contribution in [2.24, 2.45) is 11.1 Å². The molecule has 0 bridgehead atoms. The molecule has 0 unspecified atom stereocenters. The van der Waals surface area contributed by atoms with E-state index in [4.69, 9.17) is 17.3 Å². The Balaban J connectivity index is 1.87. The summed E-state index contributed by atoms with van der Waals surface area (Å²) in [5.41, 5.74) is 6.73. The van der Waals surface area contributed by atoms with Crippen LogP contribution in [0.2, 0.25) is 5.02 Å². The van der Waals surface area contributed by atoms with E-state index in [0.29, 0.717) is 37.6 Å². The first-order chi connectivity index (χ1) is 11.2. The van der Waals surface area contributed by atoms with Crippen LogP contribution in [0.25, 0.3) is 0 Å². The van der Waals surface area contributed by atoms with E-state index in [1.165, 1.54) is 0 Å². The summed E-state index contributed by atoms with van der Waals surface area (Å²) >= 11 is 5.86. The van der Waals surface area contributed by atoms with Crippen molar-refractivity contribution in [2.75, 3.05) is 26.2 Å². The van der Waals surface area contributed by atoms with Crippen molar-refractivity contribution < 1.29 is 9.59 Å². The summed E-state index contributed by atoms with van der Waals surface area (Å²) in [6, 6.07) is 6.78. The lowest BCUT2D eigenvalue weighted by Crippen LogP contribution is -2.57. The van der Waals surface area contributed by atoms with Crippen LogP contribution in [-0.4, -0.2) is 53.8 Å². The molecule has 2 amide bonds. The van der Waals surface area contributed by atoms with E-state index >= 15 is 0 Å². The number of hydrogen-bond acceptors (Lipinski definition) is 3. The molecule has 1 saturated heterocycles. The van der Waals surface area contributed by atoms with E-state index in [0.717, 1.165) is 5.56 Å². The number of rotatable bonds is 3. The van der Waals surface area contributed by atoms with Gasteiger partial charge in [0, 0.05) is 31.2 Å². The van der Waals surface area contributed by atoms with Gasteiger partial charge in [-0.2, -0.15) is 0 Å². The normalized spacial score (nSPS) is 16.9. The monoisotopic (exact) mass is 351 g/mol. The van der Waals surface area contributed by atoms with Crippen LogP contribution in [-0.2, 0) is 16.0 Å². The zero-order valence-corrected chi connectivity index (χ0v) is 15.3. The molecule has 2 N–H and O–H groups in total. The summed E-state index contributed by atoms with van der Waals surface area (Å²) in [4.78, 5) is 28.4. The van der Waals surface area contributed by atoms with Gasteiger partial charge in [-0.3, -0.25) is 9.59 Å². The summed E-state index contributed by atoms with van der Waals surface area (Å²) in [6.07, 6.45) is 0.354. The second kappa shape index (κ2) is 7.53. The molecule has 132 valence electrons. The Hall–Kier alpha value is -1.59. The van der Waals surface area contributed by atoms with Gasteiger partial charge in [0.25, 0.3) is 0 Å². The van der Waals surface area contributed by atoms with Gasteiger partial charge in [0.1, 0.15) is 0 Å². The van der Waals surface area contributed by atoms with Crippen molar-refractivity contribution >= 4 is 23.4 Å². The number of hydrogen-bond donors (Lipinski definition) is 1. The predicted molar refractivity (Wildman–Crippen MR) is 95.7 cm³/mol. The molecule has 0 saturated carbocycles. The van der Waals surface area contributed by atoms with E-state index < -0.39 is 6.04 Å². The number of amides is 2. The van der Waals surface area contributed by atoms with Gasteiger partial charge < -0.3 is 15.5 Å². The predicted octanol–water partition coefficient (Wildman–Crippen LogP) is 1.93. The molecule has 1 aliphatic heterocycles. The third-order valence-electron chi connectivity index (χ3n) is 4.41. The number of nitrogens with two attached hydrogens (primary N) is 1. The largest absolute Gasteiger partial charge is 0.339 e. The summed E-state index contributed by atoms with van der Waals surface area (Å²) in [6.45, 7) is 8.05. The maximum absolute atomic E-state index is 12.4. The Morgan fingerprint density at radius 2 is 1.58 bits per heavy atom. The zero-order valence-electron chi connectivity index (χ0n) is 14.6. The highest BCUT2D eigenvalue weighted by Gasteiger charge is 2.33. The molecule has 6 heteroatoms. The second-order valence-electron chi connectivity index (χ2n) is 7.35. The summed E-state index contributed by atoms with van der Waals surface area (Å²) in [7, 11) is 0. The van der Waals surface area contributed by atoms with E-state index in [2.05, 4.69) is 0 Å². The van der Waals surface area contributed by atoms with Gasteiger partial charge in [-0.1, -0.05) is 44.5 Å². The minimum absolute atomic E-state index is 0.0349. The van der Waals surface area contributed by atoms with Gasteiger partial charge in [0.05, 0.1) is 12.5 Å². The molecule has 0 aromatic heterocycles. The van der Waals surface area contributed by atoms with E-state index in [1.54, 1.807) is 21.9 Å². The van der Waals surface area contributed by atoms with Gasteiger partial charge in [-0.25, -0.2) is 0 Å². The highest BCUT2D eigenvalue weighted by molar-refractivity contribution is 6.30. The second-order valence-corrected chi connectivity index (χ2v) is 7.79. The third kappa shape index (κ3) is 4.71. The topological polar surface area (TPSA) is 66.6 Å². The van der Waals surface area contributed by atoms with E-state index in [-0.39, 0.29) is 17.2 Å². The maximum Gasteiger partial charge on any atom is 0.240 e. The average molecular weight is 352 g/mol. The van der Waals surface area contributed by atoms with Crippen molar-refractivity contribution in [3.05, 3.63) is 34.9 Å². The summed E-state index contributed by atoms with van der Waals surface area (Å²) < 4.78 is 0. The van der Waals surface area contributed by atoms with Crippen LogP contribution in [0.15, 0.2) is 24.3 Å². The van der Waals surface area contributed by atoms with Gasteiger partial charge >= 0.3 is 0 Å². The minimum atomic E-state index is -0.520. The molecule has 0 radical (unpaired) electrons. The molecule has 1 aromatic carbocycles. The Bertz CT molecular complexity index is 587. The van der Waals surface area contributed by atoms with Gasteiger partial charge in [-0.15, -0.1) is 0 Å². The number of halogens is 1. The summed E-state index contributed by atoms with van der Waals surface area (Å²) in [5, 5.41) is 0.661. The number of nitrogens with zero attached hydrogens (tertiary/aromatic N) is 2. The van der Waals surface area contributed by atoms with Crippen LogP contribution in [0.4, 0.5) is 0 Å². The van der Waals surface area contributed by atoms with Gasteiger partial charge in [0.15, 0.2) is 0 Å². The Kier molecular flexibility index (Phi) is 5.88. The highest BCUT2D eigenvalue weighted by Crippen LogP contribution is 2.20. The quantitative estimate of drug-likeness (QED) is 0.904.